The summed E-state index contributed by atoms with van der Waals surface area (Å²) in [6.45, 7) is 7.34. The number of pyridine rings is 1. The SMILES string of the molecule is Cc1cc(C)c(NC(=O)N2CCC(n3cnnc3)CC2)c(C)n1. The summed E-state index contributed by atoms with van der Waals surface area (Å²) in [5.74, 6) is 0. The van der Waals surface area contributed by atoms with Crippen LogP contribution in [0.5, 0.6) is 0 Å². The summed E-state index contributed by atoms with van der Waals surface area (Å²) in [5, 5.41) is 10.7. The van der Waals surface area contributed by atoms with Crippen LogP contribution in [0.25, 0.3) is 0 Å². The van der Waals surface area contributed by atoms with E-state index in [9.17, 15) is 4.79 Å². The Hall–Kier alpha value is -2.44. The highest BCUT2D eigenvalue weighted by atomic mass is 16.2. The van der Waals surface area contributed by atoms with Crippen molar-refractivity contribution in [1.82, 2.24) is 24.6 Å². The third kappa shape index (κ3) is 3.33. The van der Waals surface area contributed by atoms with Crippen LogP contribution in [0.2, 0.25) is 0 Å². The predicted molar refractivity (Wildman–Crippen MR) is 87.3 cm³/mol. The van der Waals surface area contributed by atoms with E-state index in [0.29, 0.717) is 6.04 Å². The molecule has 0 unspecified atom stereocenters. The largest absolute Gasteiger partial charge is 0.324 e. The number of hydrogen-bond acceptors (Lipinski definition) is 4. The molecule has 0 aliphatic carbocycles. The Balaban J connectivity index is 1.62. The molecule has 3 rings (SSSR count). The summed E-state index contributed by atoms with van der Waals surface area (Å²) < 4.78 is 2.02. The number of aromatic nitrogens is 4. The Morgan fingerprint density at radius 2 is 1.83 bits per heavy atom. The summed E-state index contributed by atoms with van der Waals surface area (Å²) >= 11 is 0. The summed E-state index contributed by atoms with van der Waals surface area (Å²) in [4.78, 5) is 18.8. The van der Waals surface area contributed by atoms with Crippen molar-refractivity contribution in [2.75, 3.05) is 18.4 Å². The van der Waals surface area contributed by atoms with Gasteiger partial charge in [-0.1, -0.05) is 0 Å². The van der Waals surface area contributed by atoms with Crippen LogP contribution in [0.4, 0.5) is 10.5 Å². The van der Waals surface area contributed by atoms with Crippen LogP contribution in [-0.2, 0) is 0 Å². The lowest BCUT2D eigenvalue weighted by Gasteiger charge is -2.32. The highest BCUT2D eigenvalue weighted by Gasteiger charge is 2.24. The Morgan fingerprint density at radius 3 is 2.43 bits per heavy atom. The Bertz CT molecular complexity index is 666. The van der Waals surface area contributed by atoms with E-state index in [1.54, 1.807) is 12.7 Å². The molecule has 1 saturated heterocycles. The molecule has 0 bridgehead atoms. The van der Waals surface area contributed by atoms with Gasteiger partial charge in [0.1, 0.15) is 12.7 Å². The Kier molecular flexibility index (Phi) is 4.27. The van der Waals surface area contributed by atoms with Crippen LogP contribution in [0.3, 0.4) is 0 Å². The van der Waals surface area contributed by atoms with Gasteiger partial charge in [0.15, 0.2) is 0 Å². The maximum atomic E-state index is 12.5. The van der Waals surface area contributed by atoms with Crippen molar-refractivity contribution in [1.29, 1.82) is 0 Å². The Labute approximate surface area is 135 Å². The minimum absolute atomic E-state index is 0.0518. The molecular formula is C16H22N6O. The summed E-state index contributed by atoms with van der Waals surface area (Å²) in [5.41, 5.74) is 3.69. The van der Waals surface area contributed by atoms with Crippen LogP contribution in [0.15, 0.2) is 18.7 Å². The van der Waals surface area contributed by atoms with Gasteiger partial charge >= 0.3 is 6.03 Å². The average molecular weight is 314 g/mol. The number of urea groups is 1. The average Bonchev–Trinajstić information content (AvgIpc) is 3.05. The van der Waals surface area contributed by atoms with Crippen molar-refractivity contribution in [2.45, 2.75) is 39.7 Å². The second-order valence-electron chi connectivity index (χ2n) is 6.10. The van der Waals surface area contributed by atoms with E-state index in [1.807, 2.05) is 36.3 Å². The maximum Gasteiger partial charge on any atom is 0.321 e. The van der Waals surface area contributed by atoms with Gasteiger partial charge in [0.25, 0.3) is 0 Å². The molecule has 2 aromatic rings. The number of rotatable bonds is 2. The number of nitrogens with one attached hydrogen (secondary N) is 1. The molecule has 0 aromatic carbocycles. The lowest BCUT2D eigenvalue weighted by atomic mass is 10.1. The van der Waals surface area contributed by atoms with E-state index in [4.69, 9.17) is 0 Å². The normalized spacial score (nSPS) is 15.7. The van der Waals surface area contributed by atoms with Crippen molar-refractivity contribution < 1.29 is 4.79 Å². The molecule has 1 aliphatic heterocycles. The zero-order chi connectivity index (χ0) is 16.4. The number of carbonyl (C=O) groups excluding carboxylic acids is 1. The van der Waals surface area contributed by atoms with Gasteiger partial charge in [-0.15, -0.1) is 10.2 Å². The standard InChI is InChI=1S/C16H22N6O/c1-11-8-12(2)19-13(3)15(11)20-16(23)21-6-4-14(5-7-21)22-9-17-18-10-22/h8-10,14H,4-7H2,1-3H3,(H,20,23). The van der Waals surface area contributed by atoms with Crippen molar-refractivity contribution in [2.24, 2.45) is 0 Å². The number of anilines is 1. The monoisotopic (exact) mass is 314 g/mol. The van der Waals surface area contributed by atoms with Crippen LogP contribution in [0.1, 0.15) is 35.8 Å². The van der Waals surface area contributed by atoms with Crippen molar-refractivity contribution in [3.8, 4) is 0 Å². The molecule has 3 heterocycles. The number of hydrogen-bond donors (Lipinski definition) is 1. The van der Waals surface area contributed by atoms with E-state index in [0.717, 1.165) is 48.6 Å². The zero-order valence-electron chi connectivity index (χ0n) is 13.8. The molecule has 1 N–H and O–H groups in total. The van der Waals surface area contributed by atoms with E-state index in [-0.39, 0.29) is 6.03 Å². The second kappa shape index (κ2) is 6.36. The molecule has 1 fully saturated rings. The highest BCUT2D eigenvalue weighted by Crippen LogP contribution is 2.24. The summed E-state index contributed by atoms with van der Waals surface area (Å²) in [6, 6.07) is 2.31. The molecule has 0 spiro atoms. The number of carbonyl (C=O) groups is 1. The quantitative estimate of drug-likeness (QED) is 0.924. The van der Waals surface area contributed by atoms with Crippen LogP contribution in [0, 0.1) is 20.8 Å². The number of amides is 2. The van der Waals surface area contributed by atoms with Crippen LogP contribution in [-0.4, -0.2) is 43.8 Å². The second-order valence-corrected chi connectivity index (χ2v) is 6.10. The zero-order valence-corrected chi connectivity index (χ0v) is 13.8. The van der Waals surface area contributed by atoms with Gasteiger partial charge in [-0.3, -0.25) is 4.98 Å². The van der Waals surface area contributed by atoms with Gasteiger partial charge in [0.05, 0.1) is 11.4 Å². The third-order valence-electron chi connectivity index (χ3n) is 4.37. The van der Waals surface area contributed by atoms with Gasteiger partial charge in [-0.2, -0.15) is 0 Å². The molecule has 23 heavy (non-hydrogen) atoms. The van der Waals surface area contributed by atoms with Crippen molar-refractivity contribution >= 4 is 11.7 Å². The molecule has 2 aromatic heterocycles. The topological polar surface area (TPSA) is 75.9 Å². The smallest absolute Gasteiger partial charge is 0.321 e. The first-order valence-electron chi connectivity index (χ1n) is 7.89. The van der Waals surface area contributed by atoms with Crippen LogP contribution < -0.4 is 5.32 Å². The minimum atomic E-state index is -0.0518. The summed E-state index contributed by atoms with van der Waals surface area (Å²) in [6.07, 6.45) is 5.31. The van der Waals surface area contributed by atoms with Crippen molar-refractivity contribution in [3.63, 3.8) is 0 Å². The molecule has 7 heteroatoms. The van der Waals surface area contributed by atoms with Gasteiger partial charge in [-0.25, -0.2) is 4.79 Å². The molecule has 0 atom stereocenters. The minimum Gasteiger partial charge on any atom is -0.324 e. The molecule has 1 aliphatic rings. The lowest BCUT2D eigenvalue weighted by molar-refractivity contribution is 0.183. The first-order chi connectivity index (χ1) is 11.0. The molecular weight excluding hydrogens is 292 g/mol. The summed E-state index contributed by atoms with van der Waals surface area (Å²) in [7, 11) is 0. The molecule has 0 radical (unpaired) electrons. The molecule has 122 valence electrons. The van der Waals surface area contributed by atoms with Gasteiger partial charge in [-0.05, 0) is 45.2 Å². The molecule has 2 amide bonds. The first-order valence-corrected chi connectivity index (χ1v) is 7.89. The van der Waals surface area contributed by atoms with Gasteiger partial charge in [0.2, 0.25) is 0 Å². The highest BCUT2D eigenvalue weighted by molar-refractivity contribution is 5.90. The van der Waals surface area contributed by atoms with E-state index < -0.39 is 0 Å². The van der Waals surface area contributed by atoms with Gasteiger partial charge in [0, 0.05) is 24.8 Å². The fourth-order valence-corrected chi connectivity index (χ4v) is 3.16. The number of likely N-dealkylation sites (tertiary alicyclic amines) is 1. The number of aryl methyl sites for hydroxylation is 3. The number of nitrogens with zero attached hydrogens (tertiary/aromatic N) is 5. The fraction of sp³-hybridized carbons (Fsp3) is 0.500. The maximum absolute atomic E-state index is 12.5. The number of piperidine rings is 1. The van der Waals surface area contributed by atoms with E-state index in [1.165, 1.54) is 0 Å². The van der Waals surface area contributed by atoms with Gasteiger partial charge < -0.3 is 14.8 Å². The molecule has 0 saturated carbocycles. The molecule has 7 nitrogen and oxygen atoms in total. The third-order valence-corrected chi connectivity index (χ3v) is 4.37. The predicted octanol–water partition coefficient (Wildman–Crippen LogP) is 2.47. The lowest BCUT2D eigenvalue weighted by Crippen LogP contribution is -2.41. The first kappa shape index (κ1) is 15.5. The van der Waals surface area contributed by atoms with E-state index in [2.05, 4.69) is 20.5 Å². The Morgan fingerprint density at radius 1 is 1.17 bits per heavy atom. The van der Waals surface area contributed by atoms with Crippen LogP contribution >= 0.6 is 0 Å². The fourth-order valence-electron chi connectivity index (χ4n) is 3.16. The van der Waals surface area contributed by atoms with Crippen molar-refractivity contribution in [3.05, 3.63) is 35.7 Å². The van der Waals surface area contributed by atoms with E-state index >= 15 is 0 Å².